The molecule has 2 aromatic carbocycles. The molecule has 5 rings (SSSR count). The molecule has 3 aromatic rings. The highest BCUT2D eigenvalue weighted by atomic mass is 35.5. The average Bonchev–Trinajstić information content (AvgIpc) is 3.26. The van der Waals surface area contributed by atoms with E-state index in [0.29, 0.717) is 5.92 Å². The Hall–Kier alpha value is -2.99. The van der Waals surface area contributed by atoms with Crippen LogP contribution in [0.1, 0.15) is 40.4 Å². The monoisotopic (exact) mass is 460 g/mol. The molecule has 0 saturated heterocycles. The lowest BCUT2D eigenvalue weighted by molar-refractivity contribution is -0.192. The van der Waals surface area contributed by atoms with Gasteiger partial charge in [-0.05, 0) is 76.8 Å². The van der Waals surface area contributed by atoms with Crippen molar-refractivity contribution in [3.05, 3.63) is 87.8 Å². The molecule has 0 saturated carbocycles. The Labute approximate surface area is 188 Å². The van der Waals surface area contributed by atoms with E-state index in [9.17, 15) is 13.2 Å². The van der Waals surface area contributed by atoms with Crippen LogP contribution < -0.4 is 0 Å². The van der Waals surface area contributed by atoms with Gasteiger partial charge in [-0.3, -0.25) is 0 Å². The molecule has 3 nitrogen and oxygen atoms in total. The first-order valence-corrected chi connectivity index (χ1v) is 10.6. The number of hydrogen-bond acceptors (Lipinski definition) is 2. The molecule has 166 valence electrons. The first-order valence-electron chi connectivity index (χ1n) is 10.2. The van der Waals surface area contributed by atoms with Crippen molar-refractivity contribution >= 4 is 23.6 Å². The fourth-order valence-corrected chi connectivity index (χ4v) is 4.75. The molecule has 0 radical (unpaired) electrons. The largest absolute Gasteiger partial charge is 0.490 e. The zero-order valence-corrected chi connectivity index (χ0v) is 17.7. The Morgan fingerprint density at radius 3 is 2.47 bits per heavy atom. The predicted molar refractivity (Wildman–Crippen MR) is 117 cm³/mol. The molecule has 0 bridgehead atoms. The van der Waals surface area contributed by atoms with Gasteiger partial charge in [-0.2, -0.15) is 13.2 Å². The fourth-order valence-electron chi connectivity index (χ4n) is 4.48. The summed E-state index contributed by atoms with van der Waals surface area (Å²) in [5.41, 5.74) is 8.36. The standard InChI is InChI=1S/C23H19ClO.C2HF3O2/c24-22-8-2-7-18-19-10-9-15-4-1-5-16(14-17-6-3-13-25-17)23(15)21(19)12-11-20(18)22;3-2(4,5)1(6)7/h1-4,6-10,13,16H,5,11-12,14H2;(H,6,7). The summed E-state index contributed by atoms with van der Waals surface area (Å²) >= 11 is 6.45. The zero-order chi connectivity index (χ0) is 22.9. The van der Waals surface area contributed by atoms with Crippen LogP contribution in [0, 0.1) is 0 Å². The molecule has 0 fully saturated rings. The van der Waals surface area contributed by atoms with Gasteiger partial charge in [0.15, 0.2) is 0 Å². The second-order valence-electron chi connectivity index (χ2n) is 7.78. The maximum atomic E-state index is 10.6. The number of carbonyl (C=O) groups is 1. The van der Waals surface area contributed by atoms with Crippen molar-refractivity contribution in [2.75, 3.05) is 0 Å². The first-order chi connectivity index (χ1) is 15.3. The second-order valence-corrected chi connectivity index (χ2v) is 8.19. The number of allylic oxidation sites excluding steroid dienone is 1. The van der Waals surface area contributed by atoms with E-state index in [-0.39, 0.29) is 0 Å². The van der Waals surface area contributed by atoms with Crippen LogP contribution in [0.4, 0.5) is 13.2 Å². The van der Waals surface area contributed by atoms with Gasteiger partial charge in [-0.15, -0.1) is 0 Å². The number of aliphatic carboxylic acids is 1. The highest BCUT2D eigenvalue weighted by Gasteiger charge is 2.38. The predicted octanol–water partition coefficient (Wildman–Crippen LogP) is 7.08. The summed E-state index contributed by atoms with van der Waals surface area (Å²) in [6.45, 7) is 0. The van der Waals surface area contributed by atoms with Gasteiger partial charge in [0.05, 0.1) is 6.26 Å². The van der Waals surface area contributed by atoms with E-state index in [1.807, 2.05) is 12.1 Å². The van der Waals surface area contributed by atoms with Crippen LogP contribution in [0.3, 0.4) is 0 Å². The van der Waals surface area contributed by atoms with Crippen LogP contribution >= 0.6 is 11.6 Å². The quantitative estimate of drug-likeness (QED) is 0.444. The lowest BCUT2D eigenvalue weighted by atomic mass is 9.75. The van der Waals surface area contributed by atoms with Crippen molar-refractivity contribution in [3.63, 3.8) is 0 Å². The highest BCUT2D eigenvalue weighted by molar-refractivity contribution is 6.31. The van der Waals surface area contributed by atoms with Gasteiger partial charge in [0.2, 0.25) is 0 Å². The SMILES string of the molecule is Clc1cccc2c1CCc1c-2ccc2c1C(Cc1ccco1)CC=C2.O=C(O)C(F)(F)F. The summed E-state index contributed by atoms with van der Waals surface area (Å²) in [5, 5.41) is 8.02. The van der Waals surface area contributed by atoms with Gasteiger partial charge in [0, 0.05) is 11.4 Å². The number of carboxylic acid groups (broad SMARTS) is 1. The number of alkyl halides is 3. The number of rotatable bonds is 2. The van der Waals surface area contributed by atoms with Gasteiger partial charge < -0.3 is 9.52 Å². The van der Waals surface area contributed by atoms with Gasteiger partial charge in [-0.1, -0.05) is 48.0 Å². The molecule has 1 aromatic heterocycles. The molecule has 7 heteroatoms. The number of carboxylic acids is 1. The molecule has 32 heavy (non-hydrogen) atoms. The van der Waals surface area contributed by atoms with Crippen molar-refractivity contribution in [1.82, 2.24) is 0 Å². The molecule has 0 spiro atoms. The molecule has 2 aliphatic carbocycles. The smallest absolute Gasteiger partial charge is 0.475 e. The van der Waals surface area contributed by atoms with E-state index in [2.05, 4.69) is 42.5 Å². The maximum Gasteiger partial charge on any atom is 0.490 e. The Morgan fingerprint density at radius 1 is 1.06 bits per heavy atom. The van der Waals surface area contributed by atoms with E-state index in [1.165, 1.54) is 33.4 Å². The minimum Gasteiger partial charge on any atom is -0.475 e. The Morgan fingerprint density at radius 2 is 1.78 bits per heavy atom. The van der Waals surface area contributed by atoms with Crippen LogP contribution in [-0.4, -0.2) is 17.3 Å². The summed E-state index contributed by atoms with van der Waals surface area (Å²) in [7, 11) is 0. The van der Waals surface area contributed by atoms with E-state index in [1.54, 1.807) is 6.26 Å². The minimum atomic E-state index is -5.08. The molecule has 2 aliphatic rings. The average molecular weight is 461 g/mol. The van der Waals surface area contributed by atoms with Crippen molar-refractivity contribution in [1.29, 1.82) is 0 Å². The summed E-state index contributed by atoms with van der Waals surface area (Å²) in [5.74, 6) is -1.20. The van der Waals surface area contributed by atoms with Gasteiger partial charge in [-0.25, -0.2) is 4.79 Å². The molecular formula is C25H20ClF3O3. The lowest BCUT2D eigenvalue weighted by Gasteiger charge is -2.30. The van der Waals surface area contributed by atoms with E-state index >= 15 is 0 Å². The molecule has 0 aliphatic heterocycles. The zero-order valence-electron chi connectivity index (χ0n) is 17.0. The molecule has 1 N–H and O–H groups in total. The summed E-state index contributed by atoms with van der Waals surface area (Å²) < 4.78 is 37.4. The summed E-state index contributed by atoms with van der Waals surface area (Å²) in [4.78, 5) is 8.90. The third-order valence-electron chi connectivity index (χ3n) is 5.82. The van der Waals surface area contributed by atoms with Gasteiger partial charge in [0.1, 0.15) is 5.76 Å². The van der Waals surface area contributed by atoms with Crippen molar-refractivity contribution < 1.29 is 27.5 Å². The molecular weight excluding hydrogens is 441 g/mol. The number of furan rings is 1. The molecule has 1 atom stereocenters. The Balaban J connectivity index is 0.000000307. The van der Waals surface area contributed by atoms with E-state index in [0.717, 1.165) is 36.5 Å². The van der Waals surface area contributed by atoms with Crippen LogP contribution in [0.5, 0.6) is 0 Å². The molecule has 1 unspecified atom stereocenters. The van der Waals surface area contributed by atoms with Crippen molar-refractivity contribution in [2.24, 2.45) is 0 Å². The second kappa shape index (κ2) is 8.87. The van der Waals surface area contributed by atoms with Gasteiger partial charge >= 0.3 is 12.1 Å². The van der Waals surface area contributed by atoms with Crippen LogP contribution in [-0.2, 0) is 24.1 Å². The van der Waals surface area contributed by atoms with Crippen molar-refractivity contribution in [3.8, 4) is 11.1 Å². The summed E-state index contributed by atoms with van der Waals surface area (Å²) in [6, 6.07) is 14.9. The number of hydrogen-bond donors (Lipinski definition) is 1. The summed E-state index contributed by atoms with van der Waals surface area (Å²) in [6.07, 6.45) is 5.40. The Kier molecular flexibility index (Phi) is 6.15. The first kappa shape index (κ1) is 22.2. The third kappa shape index (κ3) is 4.46. The highest BCUT2D eigenvalue weighted by Crippen LogP contribution is 2.44. The Bertz CT molecular complexity index is 1160. The van der Waals surface area contributed by atoms with Crippen LogP contribution in [0.25, 0.3) is 17.2 Å². The number of fused-ring (bicyclic) bond motifs is 5. The van der Waals surface area contributed by atoms with Crippen molar-refractivity contribution in [2.45, 2.75) is 37.8 Å². The minimum absolute atomic E-state index is 0.488. The van der Waals surface area contributed by atoms with E-state index in [4.69, 9.17) is 25.9 Å². The normalized spacial score (nSPS) is 16.3. The number of benzene rings is 2. The van der Waals surface area contributed by atoms with Gasteiger partial charge in [0.25, 0.3) is 0 Å². The number of halogens is 4. The van der Waals surface area contributed by atoms with Crippen LogP contribution in [0.15, 0.2) is 59.2 Å². The molecule has 1 heterocycles. The lowest BCUT2D eigenvalue weighted by Crippen LogP contribution is -2.21. The molecule has 0 amide bonds. The maximum absolute atomic E-state index is 10.6. The third-order valence-corrected chi connectivity index (χ3v) is 6.18. The van der Waals surface area contributed by atoms with E-state index < -0.39 is 12.1 Å². The topological polar surface area (TPSA) is 50.4 Å². The fraction of sp³-hybridized carbons (Fsp3) is 0.240. The van der Waals surface area contributed by atoms with Crippen LogP contribution in [0.2, 0.25) is 5.02 Å².